The Balaban J connectivity index is 2.26. The van der Waals surface area contributed by atoms with Crippen LogP contribution in [0.1, 0.15) is 26.7 Å². The van der Waals surface area contributed by atoms with E-state index in [1.807, 2.05) is 29.8 Å². The summed E-state index contributed by atoms with van der Waals surface area (Å²) >= 11 is 0. The van der Waals surface area contributed by atoms with Gasteiger partial charge in [-0.3, -0.25) is 9.59 Å². The molecule has 0 fully saturated rings. The molecule has 0 aliphatic carbocycles. The van der Waals surface area contributed by atoms with Gasteiger partial charge in [0.2, 0.25) is 5.91 Å². The maximum Gasteiger partial charge on any atom is 0.242 e. The van der Waals surface area contributed by atoms with E-state index >= 15 is 0 Å². The molecule has 0 N–H and O–H groups in total. The molecule has 0 spiro atoms. The maximum absolute atomic E-state index is 12.4. The van der Waals surface area contributed by atoms with Crippen LogP contribution in [0.3, 0.4) is 0 Å². The van der Waals surface area contributed by atoms with E-state index in [4.69, 9.17) is 0 Å². The lowest BCUT2D eigenvalue weighted by Gasteiger charge is -2.25. The molecule has 0 bridgehead atoms. The maximum atomic E-state index is 12.4. The summed E-state index contributed by atoms with van der Waals surface area (Å²) in [6.45, 7) is 4.43. The van der Waals surface area contributed by atoms with E-state index < -0.39 is 0 Å². The third-order valence-electron chi connectivity index (χ3n) is 3.95. The summed E-state index contributed by atoms with van der Waals surface area (Å²) in [5, 5.41) is 0.650. The monoisotopic (exact) mass is 286 g/mol. The van der Waals surface area contributed by atoms with Crippen molar-refractivity contribution in [3.05, 3.63) is 46.8 Å². The minimum absolute atomic E-state index is 0.0120. The van der Waals surface area contributed by atoms with Gasteiger partial charge in [-0.2, -0.15) is 0 Å². The molecule has 1 amide bonds. The van der Waals surface area contributed by atoms with Crippen LogP contribution in [-0.2, 0) is 11.3 Å². The molecule has 2 aromatic rings. The van der Waals surface area contributed by atoms with Crippen molar-refractivity contribution in [3.63, 3.8) is 0 Å². The third-order valence-corrected chi connectivity index (χ3v) is 3.95. The van der Waals surface area contributed by atoms with Gasteiger partial charge in [0.05, 0.1) is 5.52 Å². The van der Waals surface area contributed by atoms with Crippen LogP contribution in [0.25, 0.3) is 10.9 Å². The number of carbonyl (C=O) groups excluding carboxylic acids is 1. The van der Waals surface area contributed by atoms with Crippen LogP contribution in [0.4, 0.5) is 0 Å². The van der Waals surface area contributed by atoms with Crippen molar-refractivity contribution in [1.29, 1.82) is 0 Å². The van der Waals surface area contributed by atoms with E-state index in [-0.39, 0.29) is 23.9 Å². The lowest BCUT2D eigenvalue weighted by molar-refractivity contribution is -0.132. The first-order valence-corrected chi connectivity index (χ1v) is 7.38. The minimum atomic E-state index is -0.0120. The number of nitrogens with zero attached hydrogens (tertiary/aromatic N) is 2. The molecule has 2 rings (SSSR count). The highest BCUT2D eigenvalue weighted by Crippen LogP contribution is 2.11. The molecule has 0 unspecified atom stereocenters. The predicted molar refractivity (Wildman–Crippen MR) is 85.3 cm³/mol. The van der Waals surface area contributed by atoms with Crippen molar-refractivity contribution in [1.82, 2.24) is 9.47 Å². The number of benzene rings is 1. The molecular formula is C17H22N2O2. The fourth-order valence-electron chi connectivity index (χ4n) is 2.51. The van der Waals surface area contributed by atoms with Crippen LogP contribution in [0.2, 0.25) is 0 Å². The first-order chi connectivity index (χ1) is 10.0. The second-order valence-electron chi connectivity index (χ2n) is 5.47. The zero-order chi connectivity index (χ0) is 15.4. The van der Waals surface area contributed by atoms with Gasteiger partial charge in [-0.05, 0) is 25.5 Å². The largest absolute Gasteiger partial charge is 0.342 e. The van der Waals surface area contributed by atoms with Crippen LogP contribution in [0.15, 0.2) is 41.3 Å². The van der Waals surface area contributed by atoms with Gasteiger partial charge in [0.15, 0.2) is 5.43 Å². The smallest absolute Gasteiger partial charge is 0.242 e. The highest BCUT2D eigenvalue weighted by molar-refractivity contribution is 5.82. The fourth-order valence-corrected chi connectivity index (χ4v) is 2.51. The van der Waals surface area contributed by atoms with Crippen molar-refractivity contribution < 1.29 is 4.79 Å². The van der Waals surface area contributed by atoms with Gasteiger partial charge in [-0.15, -0.1) is 0 Å². The number of likely N-dealkylation sites (N-methyl/N-ethyl adjacent to an activating group) is 1. The van der Waals surface area contributed by atoms with Gasteiger partial charge in [0.1, 0.15) is 6.54 Å². The van der Waals surface area contributed by atoms with Gasteiger partial charge in [-0.25, -0.2) is 0 Å². The normalized spacial score (nSPS) is 12.3. The van der Waals surface area contributed by atoms with Crippen LogP contribution < -0.4 is 5.43 Å². The van der Waals surface area contributed by atoms with Crippen molar-refractivity contribution in [2.24, 2.45) is 0 Å². The third kappa shape index (κ3) is 3.32. The highest BCUT2D eigenvalue weighted by atomic mass is 16.2. The Morgan fingerprint density at radius 1 is 1.29 bits per heavy atom. The molecule has 1 heterocycles. The summed E-state index contributed by atoms with van der Waals surface area (Å²) in [6, 6.07) is 9.14. The summed E-state index contributed by atoms with van der Waals surface area (Å²) < 4.78 is 1.84. The number of aromatic nitrogens is 1. The highest BCUT2D eigenvalue weighted by Gasteiger charge is 2.15. The number of hydrogen-bond acceptors (Lipinski definition) is 2. The summed E-state index contributed by atoms with van der Waals surface area (Å²) in [4.78, 5) is 26.0. The van der Waals surface area contributed by atoms with E-state index in [0.717, 1.165) is 18.4 Å². The number of carbonyl (C=O) groups is 1. The molecule has 0 radical (unpaired) electrons. The summed E-state index contributed by atoms with van der Waals surface area (Å²) in [5.41, 5.74) is 0.789. The number of hydrogen-bond donors (Lipinski definition) is 0. The first-order valence-electron chi connectivity index (χ1n) is 7.38. The number of pyridine rings is 1. The molecule has 1 atom stereocenters. The fraction of sp³-hybridized carbons (Fsp3) is 0.412. The summed E-state index contributed by atoms with van der Waals surface area (Å²) in [5.74, 6) is 0.0600. The molecule has 1 aromatic carbocycles. The SMILES string of the molecule is CCC[C@@H](C)N(C)C(=O)Cn1ccc(=O)c2ccccc21. The molecule has 0 saturated heterocycles. The molecule has 4 heteroatoms. The van der Waals surface area contributed by atoms with Crippen LogP contribution in [0.5, 0.6) is 0 Å². The number of rotatable bonds is 5. The van der Waals surface area contributed by atoms with Gasteiger partial charge < -0.3 is 9.47 Å². The van der Waals surface area contributed by atoms with Gasteiger partial charge >= 0.3 is 0 Å². The van der Waals surface area contributed by atoms with E-state index in [2.05, 4.69) is 13.8 Å². The van der Waals surface area contributed by atoms with Gasteiger partial charge in [0, 0.05) is 30.7 Å². The zero-order valence-electron chi connectivity index (χ0n) is 12.9. The Kier molecular flexibility index (Phi) is 4.78. The lowest BCUT2D eigenvalue weighted by Crippen LogP contribution is -2.37. The van der Waals surface area contributed by atoms with Gasteiger partial charge in [0.25, 0.3) is 0 Å². The molecule has 0 aliphatic heterocycles. The molecular weight excluding hydrogens is 264 g/mol. The van der Waals surface area contributed by atoms with E-state index in [0.29, 0.717) is 5.39 Å². The molecule has 21 heavy (non-hydrogen) atoms. The molecule has 0 saturated carbocycles. The molecule has 0 aliphatic rings. The molecule has 4 nitrogen and oxygen atoms in total. The quantitative estimate of drug-likeness (QED) is 0.848. The Labute approximate surface area is 125 Å². The average molecular weight is 286 g/mol. The second kappa shape index (κ2) is 6.57. The number of para-hydroxylation sites is 1. The first kappa shape index (κ1) is 15.3. The minimum Gasteiger partial charge on any atom is -0.342 e. The van der Waals surface area contributed by atoms with Crippen molar-refractivity contribution >= 4 is 16.8 Å². The molecule has 112 valence electrons. The number of amides is 1. The second-order valence-corrected chi connectivity index (χ2v) is 5.47. The van der Waals surface area contributed by atoms with Crippen molar-refractivity contribution in [2.75, 3.05) is 7.05 Å². The van der Waals surface area contributed by atoms with Crippen molar-refractivity contribution in [2.45, 2.75) is 39.3 Å². The van der Waals surface area contributed by atoms with Crippen molar-refractivity contribution in [3.8, 4) is 0 Å². The summed E-state index contributed by atoms with van der Waals surface area (Å²) in [7, 11) is 1.84. The average Bonchev–Trinajstić information content (AvgIpc) is 2.49. The molecule has 1 aromatic heterocycles. The van der Waals surface area contributed by atoms with Crippen LogP contribution in [0, 0.1) is 0 Å². The van der Waals surface area contributed by atoms with Gasteiger partial charge in [-0.1, -0.05) is 25.5 Å². The number of fused-ring (bicyclic) bond motifs is 1. The van der Waals surface area contributed by atoms with E-state index in [1.165, 1.54) is 6.07 Å². The Morgan fingerprint density at radius 3 is 2.71 bits per heavy atom. The Morgan fingerprint density at radius 2 is 2.00 bits per heavy atom. The predicted octanol–water partition coefficient (Wildman–Crippen LogP) is 2.65. The van der Waals surface area contributed by atoms with Crippen LogP contribution in [-0.4, -0.2) is 28.5 Å². The Hall–Kier alpha value is -2.10. The van der Waals surface area contributed by atoms with E-state index in [1.54, 1.807) is 17.2 Å². The van der Waals surface area contributed by atoms with E-state index in [9.17, 15) is 9.59 Å². The standard InChI is InChI=1S/C17H22N2O2/c1-4-7-13(2)18(3)17(21)12-19-11-10-16(20)14-8-5-6-9-15(14)19/h5-6,8-11,13H,4,7,12H2,1-3H3/t13-/m1/s1. The summed E-state index contributed by atoms with van der Waals surface area (Å²) in [6.07, 6.45) is 3.74. The Bertz CT molecular complexity index is 690. The van der Waals surface area contributed by atoms with Crippen LogP contribution >= 0.6 is 0 Å². The topological polar surface area (TPSA) is 42.3 Å². The lowest BCUT2D eigenvalue weighted by atomic mass is 10.1. The zero-order valence-corrected chi connectivity index (χ0v) is 12.9.